The fraction of sp³-hybridized carbons (Fsp3) is 0.833. The SMILES string of the molecule is CCCCCCCCC(CCCCCC)OC(=O)CCCCCCCOC(=O)CCC(OC(=O)OCCN(C)CCCCOCc1ccccc1)C(=O)OCCCCCCCC(=O)OC(CCCCCC)CCCCCCCC. The molecule has 1 rings (SSSR count). The first kappa shape index (κ1) is 73.3. The van der Waals surface area contributed by atoms with Crippen molar-refractivity contribution in [2.45, 2.75) is 309 Å². The van der Waals surface area contributed by atoms with Gasteiger partial charge in [0.25, 0.3) is 0 Å². The van der Waals surface area contributed by atoms with Gasteiger partial charge in [-0.25, -0.2) is 9.59 Å². The predicted octanol–water partition coefficient (Wildman–Crippen LogP) is 17.3. The van der Waals surface area contributed by atoms with Gasteiger partial charge in [-0.2, -0.15) is 0 Å². The van der Waals surface area contributed by atoms with Crippen molar-refractivity contribution >= 4 is 30.0 Å². The van der Waals surface area contributed by atoms with Crippen molar-refractivity contribution in [3.05, 3.63) is 35.9 Å². The van der Waals surface area contributed by atoms with E-state index in [1.807, 2.05) is 37.4 Å². The second-order valence-electron chi connectivity index (χ2n) is 22.3. The van der Waals surface area contributed by atoms with Crippen molar-refractivity contribution < 1.29 is 57.1 Å². The van der Waals surface area contributed by atoms with E-state index in [2.05, 4.69) is 32.6 Å². The molecule has 0 bridgehead atoms. The molecule has 0 aliphatic heterocycles. The van der Waals surface area contributed by atoms with Crippen LogP contribution in [-0.4, -0.2) is 99.8 Å². The zero-order chi connectivity index (χ0) is 57.5. The van der Waals surface area contributed by atoms with Crippen molar-refractivity contribution in [2.24, 2.45) is 0 Å². The number of esters is 4. The molecule has 458 valence electrons. The summed E-state index contributed by atoms with van der Waals surface area (Å²) >= 11 is 0. The molecule has 3 unspecified atom stereocenters. The zero-order valence-corrected chi connectivity index (χ0v) is 51.2. The van der Waals surface area contributed by atoms with Crippen LogP contribution in [0.5, 0.6) is 0 Å². The first-order chi connectivity index (χ1) is 38.6. The smallest absolute Gasteiger partial charge is 0.466 e. The number of unbranched alkanes of at least 4 members (excludes halogenated alkanes) is 25. The van der Waals surface area contributed by atoms with Crippen LogP contribution in [0.15, 0.2) is 30.3 Å². The lowest BCUT2D eigenvalue weighted by Gasteiger charge is -2.18. The highest BCUT2D eigenvalue weighted by Crippen LogP contribution is 2.20. The summed E-state index contributed by atoms with van der Waals surface area (Å²) in [5.41, 5.74) is 1.15. The van der Waals surface area contributed by atoms with Crippen LogP contribution in [0, 0.1) is 0 Å². The largest absolute Gasteiger partial charge is 0.509 e. The fourth-order valence-corrected chi connectivity index (χ4v) is 9.61. The number of ether oxygens (including phenoxy) is 7. The number of hydrogen-bond donors (Lipinski definition) is 0. The van der Waals surface area contributed by atoms with Crippen LogP contribution in [0.3, 0.4) is 0 Å². The van der Waals surface area contributed by atoms with Gasteiger partial charge in [-0.05, 0) is 109 Å². The van der Waals surface area contributed by atoms with Gasteiger partial charge in [0.05, 0.1) is 19.8 Å². The molecule has 0 spiro atoms. The van der Waals surface area contributed by atoms with Crippen molar-refractivity contribution in [1.29, 1.82) is 0 Å². The number of carbonyl (C=O) groups is 5. The summed E-state index contributed by atoms with van der Waals surface area (Å²) in [6, 6.07) is 10.1. The van der Waals surface area contributed by atoms with Gasteiger partial charge in [0.15, 0.2) is 0 Å². The maximum absolute atomic E-state index is 13.3. The van der Waals surface area contributed by atoms with Crippen LogP contribution in [0.2, 0.25) is 0 Å². The monoisotopic (exact) mass is 1120 g/mol. The summed E-state index contributed by atoms with van der Waals surface area (Å²) in [4.78, 5) is 66.6. The minimum Gasteiger partial charge on any atom is -0.466 e. The zero-order valence-electron chi connectivity index (χ0n) is 51.2. The summed E-state index contributed by atoms with van der Waals surface area (Å²) < 4.78 is 39.6. The Bertz CT molecular complexity index is 1580. The lowest BCUT2D eigenvalue weighted by atomic mass is 10.0. The van der Waals surface area contributed by atoms with Gasteiger partial charge in [-0.15, -0.1) is 0 Å². The summed E-state index contributed by atoms with van der Waals surface area (Å²) in [5.74, 6) is -1.41. The molecule has 0 aromatic heterocycles. The van der Waals surface area contributed by atoms with E-state index in [-0.39, 0.29) is 56.8 Å². The molecule has 13 nitrogen and oxygen atoms in total. The van der Waals surface area contributed by atoms with Crippen LogP contribution >= 0.6 is 0 Å². The average Bonchev–Trinajstić information content (AvgIpc) is 3.44. The lowest BCUT2D eigenvalue weighted by molar-refractivity contribution is -0.157. The van der Waals surface area contributed by atoms with Crippen molar-refractivity contribution in [3.63, 3.8) is 0 Å². The normalized spacial score (nSPS) is 12.5. The molecule has 0 radical (unpaired) electrons. The Balaban J connectivity index is 2.52. The molecule has 79 heavy (non-hydrogen) atoms. The van der Waals surface area contributed by atoms with Crippen molar-refractivity contribution in [3.8, 4) is 0 Å². The maximum atomic E-state index is 13.3. The third kappa shape index (κ3) is 47.6. The molecule has 0 amide bonds. The highest BCUT2D eigenvalue weighted by molar-refractivity contribution is 5.78. The van der Waals surface area contributed by atoms with Gasteiger partial charge in [0.2, 0.25) is 6.10 Å². The minimum absolute atomic E-state index is 0.0174. The Kier molecular flexibility index (Phi) is 50.9. The van der Waals surface area contributed by atoms with E-state index in [0.717, 1.165) is 128 Å². The van der Waals surface area contributed by atoms with Gasteiger partial charge in [-0.3, -0.25) is 14.4 Å². The van der Waals surface area contributed by atoms with Gasteiger partial charge in [-0.1, -0.05) is 199 Å². The number of rotatable bonds is 57. The van der Waals surface area contributed by atoms with Gasteiger partial charge < -0.3 is 38.1 Å². The number of likely N-dealkylation sites (N-methyl/N-ethyl adjacent to an activating group) is 1. The topological polar surface area (TPSA) is 153 Å². The van der Waals surface area contributed by atoms with E-state index in [4.69, 9.17) is 33.2 Å². The molecule has 3 atom stereocenters. The second-order valence-corrected chi connectivity index (χ2v) is 22.3. The molecule has 13 heteroatoms. The lowest BCUT2D eigenvalue weighted by Crippen LogP contribution is -2.32. The first-order valence-corrected chi connectivity index (χ1v) is 32.5. The van der Waals surface area contributed by atoms with E-state index in [1.54, 1.807) is 0 Å². The van der Waals surface area contributed by atoms with E-state index < -0.39 is 24.2 Å². The third-order valence-electron chi connectivity index (χ3n) is 14.7. The molecule has 0 N–H and O–H groups in total. The number of benzene rings is 1. The van der Waals surface area contributed by atoms with E-state index >= 15 is 0 Å². The summed E-state index contributed by atoms with van der Waals surface area (Å²) in [6.07, 6.45) is 36.2. The van der Waals surface area contributed by atoms with E-state index in [9.17, 15) is 24.0 Å². The average molecular weight is 1120 g/mol. The van der Waals surface area contributed by atoms with Crippen LogP contribution in [0.1, 0.15) is 290 Å². The minimum atomic E-state index is -1.32. The van der Waals surface area contributed by atoms with Crippen LogP contribution in [0.4, 0.5) is 4.79 Å². The molecule has 0 aliphatic carbocycles. The summed E-state index contributed by atoms with van der Waals surface area (Å²) in [7, 11) is 1.95. The second kappa shape index (κ2) is 54.9. The van der Waals surface area contributed by atoms with Gasteiger partial charge in [0.1, 0.15) is 18.8 Å². The van der Waals surface area contributed by atoms with Crippen molar-refractivity contribution in [2.75, 3.05) is 46.6 Å². The molecule has 0 saturated heterocycles. The standard InChI is InChI=1S/C66H117NO12/c1-6-10-14-18-22-33-45-59(43-31-16-12-8-3)77-63(69)47-35-24-20-26-38-54-74-62(68)50-49-61(79-66(72)76-56-52-67(5)51-37-40-53-73-57-58-41-29-28-30-42-58)65(71)75-55-39-27-21-25-36-48-64(70)78-60(44-32-17-13-9-4)46-34-23-19-15-11-7-2/h28-30,41-42,59-61H,6-27,31-40,43-57H2,1-5H3. The summed E-state index contributed by atoms with van der Waals surface area (Å²) in [5, 5.41) is 0. The maximum Gasteiger partial charge on any atom is 0.509 e. The fourth-order valence-electron chi connectivity index (χ4n) is 9.61. The van der Waals surface area contributed by atoms with Crippen LogP contribution < -0.4 is 0 Å². The van der Waals surface area contributed by atoms with E-state index in [1.165, 1.54) is 103 Å². The third-order valence-corrected chi connectivity index (χ3v) is 14.7. The number of carbonyl (C=O) groups excluding carboxylic acids is 5. The quantitative estimate of drug-likeness (QED) is 0.0346. The Morgan fingerprint density at radius 1 is 0.392 bits per heavy atom. The van der Waals surface area contributed by atoms with Crippen LogP contribution in [0.25, 0.3) is 0 Å². The highest BCUT2D eigenvalue weighted by atomic mass is 16.7. The Labute approximate surface area is 482 Å². The number of nitrogens with zero attached hydrogens (tertiary/aromatic N) is 1. The van der Waals surface area contributed by atoms with Crippen LogP contribution in [-0.2, 0) is 58.9 Å². The molecule has 0 heterocycles. The molecule has 0 saturated carbocycles. The van der Waals surface area contributed by atoms with Gasteiger partial charge >= 0.3 is 30.0 Å². The molecule has 1 aromatic carbocycles. The Morgan fingerprint density at radius 2 is 0.823 bits per heavy atom. The highest BCUT2D eigenvalue weighted by Gasteiger charge is 2.27. The van der Waals surface area contributed by atoms with Gasteiger partial charge in [0, 0.05) is 38.8 Å². The van der Waals surface area contributed by atoms with Crippen molar-refractivity contribution in [1.82, 2.24) is 4.90 Å². The molecule has 1 aromatic rings. The van der Waals surface area contributed by atoms with E-state index in [0.29, 0.717) is 45.4 Å². The molecular weight excluding hydrogens is 999 g/mol. The Morgan fingerprint density at radius 3 is 1.33 bits per heavy atom. The number of hydrogen-bond acceptors (Lipinski definition) is 13. The molecular formula is C66H117NO12. The molecule has 0 fully saturated rings. The summed E-state index contributed by atoms with van der Waals surface area (Å²) in [6.45, 7) is 11.9. The first-order valence-electron chi connectivity index (χ1n) is 32.5. The Hall–Kier alpha value is -3.71. The predicted molar refractivity (Wildman–Crippen MR) is 319 cm³/mol. The molecule has 0 aliphatic rings.